The molecule has 2 N–H and O–H groups in total. The summed E-state index contributed by atoms with van der Waals surface area (Å²) < 4.78 is 28.6. The summed E-state index contributed by atoms with van der Waals surface area (Å²) in [5.74, 6) is 0.0111. The molecule has 0 aliphatic carbocycles. The monoisotopic (exact) mass is 182 g/mol. The van der Waals surface area contributed by atoms with Gasteiger partial charge in [0.25, 0.3) is 0 Å². The van der Waals surface area contributed by atoms with Crippen LogP contribution in [-0.2, 0) is 9.63 Å². The smallest absolute Gasteiger partial charge is 0.0798 e. The van der Waals surface area contributed by atoms with Crippen LogP contribution in [0.15, 0.2) is 0 Å². The van der Waals surface area contributed by atoms with Gasteiger partial charge in [0.05, 0.1) is 9.63 Å². The molecule has 0 rings (SSSR count). The molecule has 70 valence electrons. The molecule has 0 bridgehead atoms. The topological polar surface area (TPSA) is 57.5 Å². The Labute approximate surface area is 68.2 Å². The third-order valence-electron chi connectivity index (χ3n) is 1.47. The molecule has 4 heteroatoms. The summed E-state index contributed by atoms with van der Waals surface area (Å²) in [4.78, 5) is 0. The average molecular weight is 182 g/mol. The van der Waals surface area contributed by atoms with Gasteiger partial charge < -0.3 is 9.11 Å². The first-order valence-corrected chi connectivity index (χ1v) is 6.39. The highest BCUT2D eigenvalue weighted by Crippen LogP contribution is 2.14. The Bertz CT molecular complexity index is 160. The van der Waals surface area contributed by atoms with Gasteiger partial charge in [0.15, 0.2) is 0 Å². The van der Waals surface area contributed by atoms with Crippen LogP contribution >= 0.6 is 0 Å². The zero-order valence-electron chi connectivity index (χ0n) is 7.25. The number of unbranched alkanes of at least 4 members (excludes halogenated alkanes) is 3. The van der Waals surface area contributed by atoms with Crippen molar-refractivity contribution in [3.63, 3.8) is 0 Å². The molecule has 3 nitrogen and oxygen atoms in total. The molecule has 0 fully saturated rings. The van der Waals surface area contributed by atoms with E-state index in [1.165, 1.54) is 0 Å². The molecule has 0 aliphatic heterocycles. The Balaban J connectivity index is 3.48. The van der Waals surface area contributed by atoms with Gasteiger partial charge in [-0.1, -0.05) is 26.2 Å². The first kappa shape index (κ1) is 11.1. The Morgan fingerprint density at radius 3 is 2.09 bits per heavy atom. The van der Waals surface area contributed by atoms with Crippen molar-refractivity contribution < 1.29 is 13.3 Å². The normalized spacial score (nSPS) is 15.8. The minimum Gasteiger partial charge on any atom is -0.308 e. The van der Waals surface area contributed by atoms with Crippen molar-refractivity contribution in [3.05, 3.63) is 0 Å². The van der Waals surface area contributed by atoms with Gasteiger partial charge in [-0.2, -0.15) is 0 Å². The van der Waals surface area contributed by atoms with E-state index < -0.39 is 9.63 Å². The predicted molar refractivity (Wildman–Crippen MR) is 48.3 cm³/mol. The lowest BCUT2D eigenvalue weighted by molar-refractivity contribution is 0.395. The van der Waals surface area contributed by atoms with Gasteiger partial charge in [0, 0.05) is 12.0 Å². The molecule has 0 aromatic heterocycles. The molecular formula is C7H18O3S. The Morgan fingerprint density at radius 2 is 1.73 bits per heavy atom. The van der Waals surface area contributed by atoms with Gasteiger partial charge in [0.1, 0.15) is 0 Å². The second-order valence-electron chi connectivity index (χ2n) is 3.19. The molecule has 0 unspecified atom stereocenters. The van der Waals surface area contributed by atoms with E-state index in [9.17, 15) is 4.21 Å². The first-order chi connectivity index (χ1) is 4.81. The molecule has 0 aromatic rings. The van der Waals surface area contributed by atoms with Crippen molar-refractivity contribution in [1.29, 1.82) is 0 Å². The summed E-state index contributed by atoms with van der Waals surface area (Å²) in [6.45, 7) is 2.07. The van der Waals surface area contributed by atoms with E-state index in [0.29, 0.717) is 6.42 Å². The van der Waals surface area contributed by atoms with Gasteiger partial charge in [-0.05, 0) is 6.42 Å². The van der Waals surface area contributed by atoms with Gasteiger partial charge in [0.2, 0.25) is 0 Å². The van der Waals surface area contributed by atoms with Crippen LogP contribution in [0.2, 0.25) is 0 Å². The van der Waals surface area contributed by atoms with Crippen LogP contribution in [0.4, 0.5) is 0 Å². The summed E-state index contributed by atoms with van der Waals surface area (Å²) in [7, 11) is -4.19. The lowest BCUT2D eigenvalue weighted by atomic mass is 10.2. The fourth-order valence-electron chi connectivity index (χ4n) is 0.861. The zero-order chi connectivity index (χ0) is 8.98. The maximum absolute atomic E-state index is 10.9. The first-order valence-electron chi connectivity index (χ1n) is 3.94. The molecule has 0 amide bonds. The second-order valence-corrected chi connectivity index (χ2v) is 6.45. The fraction of sp³-hybridized carbons (Fsp3) is 1.00. The molecule has 0 radical (unpaired) electrons. The van der Waals surface area contributed by atoms with Crippen LogP contribution in [0.1, 0.15) is 32.6 Å². The average Bonchev–Trinajstić information content (AvgIpc) is 1.76. The molecular weight excluding hydrogens is 164 g/mol. The number of hydrogen-bond acceptors (Lipinski definition) is 1. The summed E-state index contributed by atoms with van der Waals surface area (Å²) in [5, 5.41) is 0. The van der Waals surface area contributed by atoms with Crippen LogP contribution < -0.4 is 0 Å². The molecule has 0 saturated carbocycles. The SMILES string of the molecule is CCCCCCS(C)(=O)(O)O. The largest absolute Gasteiger partial charge is 0.308 e. The van der Waals surface area contributed by atoms with E-state index in [0.717, 1.165) is 25.5 Å². The van der Waals surface area contributed by atoms with E-state index >= 15 is 0 Å². The quantitative estimate of drug-likeness (QED) is 0.639. The Hall–Kier alpha value is 0.0700. The van der Waals surface area contributed by atoms with Gasteiger partial charge >= 0.3 is 0 Å². The Morgan fingerprint density at radius 1 is 1.18 bits per heavy atom. The van der Waals surface area contributed by atoms with Crippen molar-refractivity contribution in [3.8, 4) is 0 Å². The molecule has 0 aromatic carbocycles. The standard InChI is InChI=1S/C7H18O3S/c1-3-4-5-6-7-11(2,8,9)10/h3-7H2,1-2H3,(H2,8,9,10). The maximum atomic E-state index is 10.9. The van der Waals surface area contributed by atoms with Crippen molar-refractivity contribution in [2.75, 3.05) is 12.0 Å². The molecule has 0 aliphatic rings. The molecule has 0 heterocycles. The minimum absolute atomic E-state index is 0.0111. The van der Waals surface area contributed by atoms with E-state index in [2.05, 4.69) is 6.92 Å². The van der Waals surface area contributed by atoms with Crippen molar-refractivity contribution in [2.24, 2.45) is 0 Å². The van der Waals surface area contributed by atoms with E-state index in [1.807, 2.05) is 0 Å². The summed E-state index contributed by atoms with van der Waals surface area (Å²) >= 11 is 0. The van der Waals surface area contributed by atoms with Gasteiger partial charge in [-0.15, -0.1) is 0 Å². The zero-order valence-corrected chi connectivity index (χ0v) is 8.06. The second kappa shape index (κ2) is 3.65. The lowest BCUT2D eigenvalue weighted by Gasteiger charge is -2.24. The number of hydrogen-bond donors (Lipinski definition) is 2. The number of rotatable bonds is 5. The van der Waals surface area contributed by atoms with E-state index in [-0.39, 0.29) is 5.75 Å². The van der Waals surface area contributed by atoms with Crippen LogP contribution in [-0.4, -0.2) is 25.3 Å². The summed E-state index contributed by atoms with van der Waals surface area (Å²) in [5.41, 5.74) is 0. The van der Waals surface area contributed by atoms with Crippen LogP contribution in [0, 0.1) is 0 Å². The van der Waals surface area contributed by atoms with Crippen LogP contribution in [0.25, 0.3) is 0 Å². The van der Waals surface area contributed by atoms with Gasteiger partial charge in [-0.3, -0.25) is 0 Å². The maximum Gasteiger partial charge on any atom is 0.0798 e. The van der Waals surface area contributed by atoms with E-state index in [1.54, 1.807) is 0 Å². The van der Waals surface area contributed by atoms with Crippen LogP contribution in [0.5, 0.6) is 0 Å². The fourth-order valence-corrected chi connectivity index (χ4v) is 1.73. The Kier molecular flexibility index (Phi) is 3.67. The van der Waals surface area contributed by atoms with Crippen LogP contribution in [0.3, 0.4) is 0 Å². The lowest BCUT2D eigenvalue weighted by Crippen LogP contribution is -2.32. The summed E-state index contributed by atoms with van der Waals surface area (Å²) in [6.07, 6.45) is 4.70. The third kappa shape index (κ3) is 10.1. The van der Waals surface area contributed by atoms with Crippen molar-refractivity contribution >= 4 is 9.63 Å². The summed E-state index contributed by atoms with van der Waals surface area (Å²) in [6, 6.07) is 0. The minimum atomic E-state index is -4.19. The van der Waals surface area contributed by atoms with E-state index in [4.69, 9.17) is 9.11 Å². The molecule has 0 atom stereocenters. The highest BCUT2D eigenvalue weighted by molar-refractivity contribution is 8.09. The molecule has 11 heavy (non-hydrogen) atoms. The van der Waals surface area contributed by atoms with Crippen molar-refractivity contribution in [1.82, 2.24) is 0 Å². The highest BCUT2D eigenvalue weighted by Gasteiger charge is 2.20. The molecule has 0 spiro atoms. The van der Waals surface area contributed by atoms with Crippen molar-refractivity contribution in [2.45, 2.75) is 32.6 Å². The molecule has 0 saturated heterocycles. The predicted octanol–water partition coefficient (Wildman–Crippen LogP) is 1.96. The van der Waals surface area contributed by atoms with Gasteiger partial charge in [-0.25, -0.2) is 4.21 Å². The highest BCUT2D eigenvalue weighted by atomic mass is 32.3. The third-order valence-corrected chi connectivity index (χ3v) is 2.70.